The van der Waals surface area contributed by atoms with Crippen LogP contribution >= 0.6 is 11.8 Å². The number of carbonyl (C=O) groups excluding carboxylic acids is 2. The largest absolute Gasteiger partial charge is 0.352 e. The third-order valence-corrected chi connectivity index (χ3v) is 6.21. The molecule has 5 nitrogen and oxygen atoms in total. The Morgan fingerprint density at radius 2 is 1.91 bits per heavy atom. The molecule has 0 radical (unpaired) electrons. The highest BCUT2D eigenvalue weighted by molar-refractivity contribution is 7.99. The second-order valence-corrected chi connectivity index (χ2v) is 7.59. The van der Waals surface area contributed by atoms with E-state index in [1.165, 1.54) is 0 Å². The van der Waals surface area contributed by atoms with Crippen molar-refractivity contribution in [2.75, 3.05) is 18.2 Å². The van der Waals surface area contributed by atoms with E-state index < -0.39 is 0 Å². The minimum absolute atomic E-state index is 0.0481. The lowest BCUT2D eigenvalue weighted by atomic mass is 9.94. The molecule has 1 heterocycles. The summed E-state index contributed by atoms with van der Waals surface area (Å²) in [5, 5.41) is 2.97. The predicted molar refractivity (Wildman–Crippen MR) is 90.4 cm³/mol. The lowest BCUT2D eigenvalue weighted by Gasteiger charge is -2.30. The lowest BCUT2D eigenvalue weighted by molar-refractivity contribution is -0.141. The van der Waals surface area contributed by atoms with Gasteiger partial charge in [0.1, 0.15) is 6.04 Å². The van der Waals surface area contributed by atoms with E-state index in [9.17, 15) is 9.59 Å². The summed E-state index contributed by atoms with van der Waals surface area (Å²) in [4.78, 5) is 26.8. The van der Waals surface area contributed by atoms with E-state index in [4.69, 9.17) is 5.73 Å². The molecule has 1 aliphatic heterocycles. The molecule has 3 N–H and O–H groups in total. The lowest BCUT2D eigenvalue weighted by Crippen LogP contribution is -2.54. The number of thioether (sulfide) groups is 1. The van der Waals surface area contributed by atoms with Crippen LogP contribution in [-0.2, 0) is 9.59 Å². The van der Waals surface area contributed by atoms with Gasteiger partial charge in [-0.25, -0.2) is 0 Å². The number of amides is 2. The quantitative estimate of drug-likeness (QED) is 0.779. The van der Waals surface area contributed by atoms with Crippen LogP contribution in [0.1, 0.15) is 52.4 Å². The molecular formula is C16H29N3O2S. The Balaban J connectivity index is 1.92. The zero-order valence-electron chi connectivity index (χ0n) is 13.8. The average molecular weight is 327 g/mol. The first-order valence-electron chi connectivity index (χ1n) is 8.45. The van der Waals surface area contributed by atoms with Gasteiger partial charge in [-0.1, -0.05) is 26.7 Å². The topological polar surface area (TPSA) is 75.4 Å². The van der Waals surface area contributed by atoms with Crippen molar-refractivity contribution >= 4 is 23.6 Å². The van der Waals surface area contributed by atoms with Gasteiger partial charge in [-0.05, 0) is 25.7 Å². The van der Waals surface area contributed by atoms with Crippen molar-refractivity contribution < 1.29 is 9.59 Å². The van der Waals surface area contributed by atoms with Crippen molar-refractivity contribution in [3.8, 4) is 0 Å². The van der Waals surface area contributed by atoms with Gasteiger partial charge in [-0.3, -0.25) is 9.59 Å². The van der Waals surface area contributed by atoms with Gasteiger partial charge in [-0.15, -0.1) is 11.8 Å². The summed E-state index contributed by atoms with van der Waals surface area (Å²) < 4.78 is 0. The molecule has 0 bridgehead atoms. The predicted octanol–water partition coefficient (Wildman–Crippen LogP) is 1.71. The van der Waals surface area contributed by atoms with E-state index in [1.807, 2.05) is 13.8 Å². The first kappa shape index (κ1) is 17.6. The Morgan fingerprint density at radius 3 is 2.50 bits per heavy atom. The zero-order chi connectivity index (χ0) is 16.2. The number of nitrogens with two attached hydrogens (primary N) is 1. The fourth-order valence-electron chi connectivity index (χ4n) is 3.17. The van der Waals surface area contributed by atoms with Crippen LogP contribution < -0.4 is 11.1 Å². The maximum absolute atomic E-state index is 12.6. The van der Waals surface area contributed by atoms with Gasteiger partial charge >= 0.3 is 0 Å². The van der Waals surface area contributed by atoms with E-state index in [-0.39, 0.29) is 29.3 Å². The number of rotatable bonds is 6. The standard InChI is InChI=1S/C16H29N3O2S/c1-3-16(17,4-2)10-18-14(20)13-9-22-11-19(13)15(21)12-7-5-6-8-12/h12-13H,3-11,17H2,1-2H3,(H,18,20). The molecule has 126 valence electrons. The fraction of sp³-hybridized carbons (Fsp3) is 0.875. The molecular weight excluding hydrogens is 298 g/mol. The van der Waals surface area contributed by atoms with Crippen LogP contribution in [-0.4, -0.2) is 46.5 Å². The van der Waals surface area contributed by atoms with Crippen molar-refractivity contribution in [2.24, 2.45) is 11.7 Å². The van der Waals surface area contributed by atoms with Gasteiger partial charge in [-0.2, -0.15) is 0 Å². The Morgan fingerprint density at radius 1 is 1.27 bits per heavy atom. The molecule has 6 heteroatoms. The second-order valence-electron chi connectivity index (χ2n) is 6.59. The summed E-state index contributed by atoms with van der Waals surface area (Å²) in [6.45, 7) is 4.56. The molecule has 1 saturated carbocycles. The summed E-state index contributed by atoms with van der Waals surface area (Å²) in [6, 6.07) is -0.323. The molecule has 2 aliphatic rings. The maximum atomic E-state index is 12.6. The van der Waals surface area contributed by atoms with Gasteiger partial charge in [0.05, 0.1) is 5.88 Å². The van der Waals surface area contributed by atoms with Gasteiger partial charge in [0.25, 0.3) is 0 Å². The summed E-state index contributed by atoms with van der Waals surface area (Å²) in [7, 11) is 0. The van der Waals surface area contributed by atoms with Crippen LogP contribution in [0.3, 0.4) is 0 Å². The SMILES string of the molecule is CCC(N)(CC)CNC(=O)C1CSCN1C(=O)C1CCCC1. The van der Waals surface area contributed by atoms with Crippen LogP contribution in [0.15, 0.2) is 0 Å². The minimum Gasteiger partial charge on any atom is -0.352 e. The molecule has 1 atom stereocenters. The normalized spacial score (nSPS) is 23.0. The Kier molecular flexibility index (Phi) is 6.15. The molecule has 2 fully saturated rings. The van der Waals surface area contributed by atoms with Crippen LogP contribution in [0.4, 0.5) is 0 Å². The van der Waals surface area contributed by atoms with Crippen LogP contribution in [0.2, 0.25) is 0 Å². The van der Waals surface area contributed by atoms with E-state index >= 15 is 0 Å². The second kappa shape index (κ2) is 7.68. The molecule has 2 amide bonds. The highest BCUT2D eigenvalue weighted by atomic mass is 32.2. The van der Waals surface area contributed by atoms with Crippen molar-refractivity contribution in [1.82, 2.24) is 10.2 Å². The third kappa shape index (κ3) is 3.96. The van der Waals surface area contributed by atoms with Crippen molar-refractivity contribution in [3.63, 3.8) is 0 Å². The average Bonchev–Trinajstić information content (AvgIpc) is 3.22. The van der Waals surface area contributed by atoms with Crippen molar-refractivity contribution in [1.29, 1.82) is 0 Å². The van der Waals surface area contributed by atoms with E-state index in [0.717, 1.165) is 38.5 Å². The molecule has 0 aromatic heterocycles. The molecule has 0 spiro atoms. The zero-order valence-corrected chi connectivity index (χ0v) is 14.6. The molecule has 1 unspecified atom stereocenters. The number of nitrogens with zero attached hydrogens (tertiary/aromatic N) is 1. The van der Waals surface area contributed by atoms with Crippen LogP contribution in [0.25, 0.3) is 0 Å². The molecule has 1 saturated heterocycles. The Hall–Kier alpha value is -0.750. The first-order valence-corrected chi connectivity index (χ1v) is 9.61. The van der Waals surface area contributed by atoms with Crippen LogP contribution in [0.5, 0.6) is 0 Å². The monoisotopic (exact) mass is 327 g/mol. The molecule has 1 aliphatic carbocycles. The third-order valence-electron chi connectivity index (χ3n) is 5.20. The van der Waals surface area contributed by atoms with Gasteiger partial charge < -0.3 is 16.0 Å². The molecule has 22 heavy (non-hydrogen) atoms. The number of hydrogen-bond donors (Lipinski definition) is 2. The van der Waals surface area contributed by atoms with Gasteiger partial charge in [0.2, 0.25) is 11.8 Å². The fourth-order valence-corrected chi connectivity index (χ4v) is 4.33. The van der Waals surface area contributed by atoms with E-state index in [2.05, 4.69) is 5.32 Å². The number of nitrogens with one attached hydrogen (secondary N) is 1. The van der Waals surface area contributed by atoms with Gasteiger partial charge in [0, 0.05) is 23.8 Å². The van der Waals surface area contributed by atoms with E-state index in [1.54, 1.807) is 16.7 Å². The highest BCUT2D eigenvalue weighted by Gasteiger charge is 2.38. The summed E-state index contributed by atoms with van der Waals surface area (Å²) in [5.74, 6) is 1.60. The maximum Gasteiger partial charge on any atom is 0.243 e. The number of carbonyl (C=O) groups is 2. The van der Waals surface area contributed by atoms with Gasteiger partial charge in [0.15, 0.2) is 0 Å². The van der Waals surface area contributed by atoms with Crippen molar-refractivity contribution in [2.45, 2.75) is 64.0 Å². The molecule has 0 aromatic carbocycles. The minimum atomic E-state index is -0.346. The van der Waals surface area contributed by atoms with E-state index in [0.29, 0.717) is 18.2 Å². The summed E-state index contributed by atoms with van der Waals surface area (Å²) >= 11 is 1.66. The Labute approximate surface area is 137 Å². The molecule has 0 aromatic rings. The van der Waals surface area contributed by atoms with Crippen molar-refractivity contribution in [3.05, 3.63) is 0 Å². The molecule has 2 rings (SSSR count). The Bertz CT molecular complexity index is 406. The smallest absolute Gasteiger partial charge is 0.243 e. The summed E-state index contributed by atoms with van der Waals surface area (Å²) in [6.07, 6.45) is 5.88. The number of hydrogen-bond acceptors (Lipinski definition) is 4. The highest BCUT2D eigenvalue weighted by Crippen LogP contribution is 2.30. The summed E-state index contributed by atoms with van der Waals surface area (Å²) in [5.41, 5.74) is 5.89. The van der Waals surface area contributed by atoms with Crippen LogP contribution in [0, 0.1) is 5.92 Å². The first-order chi connectivity index (χ1) is 10.5.